The first-order chi connectivity index (χ1) is 14.3. The van der Waals surface area contributed by atoms with E-state index in [4.69, 9.17) is 0 Å². The smallest absolute Gasteiger partial charge is 0.257 e. The van der Waals surface area contributed by atoms with Crippen LogP contribution in [-0.2, 0) is 9.59 Å². The first-order valence-electron chi connectivity index (χ1n) is 10.4. The molecule has 1 aromatic carbocycles. The molecule has 0 aliphatic carbocycles. The molecule has 30 heavy (non-hydrogen) atoms. The molecule has 0 unspecified atom stereocenters. The summed E-state index contributed by atoms with van der Waals surface area (Å²) < 4.78 is 0. The maximum absolute atomic E-state index is 13.3. The van der Waals surface area contributed by atoms with Gasteiger partial charge in [-0.05, 0) is 42.8 Å². The molecule has 2 atom stereocenters. The van der Waals surface area contributed by atoms with E-state index in [9.17, 15) is 14.4 Å². The Kier molecular flexibility index (Phi) is 5.40. The second-order valence-electron chi connectivity index (χ2n) is 8.47. The Hall–Kier alpha value is -2.67. The van der Waals surface area contributed by atoms with Crippen LogP contribution in [0.5, 0.6) is 0 Å². The van der Waals surface area contributed by atoms with Gasteiger partial charge in [-0.15, -0.1) is 11.3 Å². The minimum Gasteiger partial charge on any atom is -0.348 e. The van der Waals surface area contributed by atoms with Crippen LogP contribution in [0.25, 0.3) is 0 Å². The van der Waals surface area contributed by atoms with E-state index >= 15 is 0 Å². The molecule has 7 heteroatoms. The standard InChI is InChI=1S/C23H27N3O3S/c1-15(2)21(18-9-6-14-30-18)24-19(27)11-13-25-22(29)16-7-4-5-8-17(16)26-20(28)10-12-23(25,26)3/h4-9,14-15,21H,10-13H2,1-3H3,(H,24,27)/t21-,23+/m1/s1. The van der Waals surface area contributed by atoms with Gasteiger partial charge < -0.3 is 10.2 Å². The summed E-state index contributed by atoms with van der Waals surface area (Å²) in [5.74, 6) is 0.0692. The average Bonchev–Trinajstić information content (AvgIpc) is 3.34. The van der Waals surface area contributed by atoms with Crippen LogP contribution in [0, 0.1) is 5.92 Å². The summed E-state index contributed by atoms with van der Waals surface area (Å²) >= 11 is 1.63. The largest absolute Gasteiger partial charge is 0.348 e. The number of thiophene rings is 1. The van der Waals surface area contributed by atoms with Crippen molar-refractivity contribution in [2.24, 2.45) is 5.92 Å². The van der Waals surface area contributed by atoms with Gasteiger partial charge in [-0.25, -0.2) is 0 Å². The highest BCUT2D eigenvalue weighted by atomic mass is 32.1. The van der Waals surface area contributed by atoms with Crippen molar-refractivity contribution >= 4 is 34.7 Å². The van der Waals surface area contributed by atoms with E-state index < -0.39 is 5.66 Å². The third kappa shape index (κ3) is 3.41. The number of amides is 3. The SMILES string of the molecule is CC(C)[C@@H](NC(=O)CCN1C(=O)c2ccccc2N2C(=O)CC[C@@]12C)c1cccs1. The fraction of sp³-hybridized carbons (Fsp3) is 0.435. The van der Waals surface area contributed by atoms with Crippen LogP contribution < -0.4 is 10.2 Å². The van der Waals surface area contributed by atoms with E-state index in [0.717, 1.165) is 4.88 Å². The fourth-order valence-electron chi connectivity index (χ4n) is 4.54. The molecule has 2 aromatic rings. The van der Waals surface area contributed by atoms with Gasteiger partial charge in [-0.3, -0.25) is 19.3 Å². The topological polar surface area (TPSA) is 69.7 Å². The van der Waals surface area contributed by atoms with E-state index in [1.807, 2.05) is 36.6 Å². The molecular weight excluding hydrogens is 398 g/mol. The molecule has 6 nitrogen and oxygen atoms in total. The maximum Gasteiger partial charge on any atom is 0.257 e. The quantitative estimate of drug-likeness (QED) is 0.762. The Labute approximate surface area is 180 Å². The van der Waals surface area contributed by atoms with Gasteiger partial charge in [0.1, 0.15) is 5.66 Å². The number of benzene rings is 1. The van der Waals surface area contributed by atoms with Crippen molar-refractivity contribution in [3.63, 3.8) is 0 Å². The van der Waals surface area contributed by atoms with Crippen molar-refractivity contribution in [3.05, 3.63) is 52.2 Å². The van der Waals surface area contributed by atoms with Gasteiger partial charge in [0.05, 0.1) is 17.3 Å². The molecule has 4 rings (SSSR count). The Bertz CT molecular complexity index is 972. The lowest BCUT2D eigenvalue weighted by molar-refractivity contribution is -0.122. The maximum atomic E-state index is 13.3. The third-order valence-corrected chi connectivity index (χ3v) is 7.10. The second kappa shape index (κ2) is 7.87. The first kappa shape index (κ1) is 20.6. The fourth-order valence-corrected chi connectivity index (χ4v) is 5.48. The highest BCUT2D eigenvalue weighted by Gasteiger charge is 2.52. The molecule has 0 saturated carbocycles. The molecule has 2 aliphatic rings. The number of carbonyl (C=O) groups is 3. The van der Waals surface area contributed by atoms with E-state index in [-0.39, 0.29) is 42.6 Å². The highest BCUT2D eigenvalue weighted by Crippen LogP contribution is 2.44. The monoisotopic (exact) mass is 425 g/mol. The molecule has 1 fully saturated rings. The minimum atomic E-state index is -0.728. The van der Waals surface area contributed by atoms with Crippen molar-refractivity contribution < 1.29 is 14.4 Å². The van der Waals surface area contributed by atoms with Crippen LogP contribution in [-0.4, -0.2) is 34.8 Å². The third-order valence-electron chi connectivity index (χ3n) is 6.14. The van der Waals surface area contributed by atoms with Gasteiger partial charge in [-0.1, -0.05) is 32.0 Å². The first-order valence-corrected chi connectivity index (χ1v) is 11.3. The van der Waals surface area contributed by atoms with Crippen molar-refractivity contribution in [1.29, 1.82) is 0 Å². The summed E-state index contributed by atoms with van der Waals surface area (Å²) in [7, 11) is 0. The normalized spacial score (nSPS) is 21.6. The molecule has 1 saturated heterocycles. The van der Waals surface area contributed by atoms with Crippen molar-refractivity contribution in [2.45, 2.75) is 51.7 Å². The van der Waals surface area contributed by atoms with Crippen LogP contribution in [0.4, 0.5) is 5.69 Å². The summed E-state index contributed by atoms with van der Waals surface area (Å²) in [6.45, 7) is 6.36. The molecule has 0 bridgehead atoms. The summed E-state index contributed by atoms with van der Waals surface area (Å²) in [6, 6.07) is 11.2. The number of para-hydroxylation sites is 1. The van der Waals surface area contributed by atoms with E-state index in [2.05, 4.69) is 19.2 Å². The molecular formula is C23H27N3O3S. The van der Waals surface area contributed by atoms with Gasteiger partial charge in [0.15, 0.2) is 0 Å². The number of fused-ring (bicyclic) bond motifs is 3. The highest BCUT2D eigenvalue weighted by molar-refractivity contribution is 7.10. The van der Waals surface area contributed by atoms with Gasteiger partial charge in [0.2, 0.25) is 11.8 Å². The lowest BCUT2D eigenvalue weighted by Crippen LogP contribution is -2.62. The lowest BCUT2D eigenvalue weighted by Gasteiger charge is -2.48. The Morgan fingerprint density at radius 2 is 1.97 bits per heavy atom. The summed E-state index contributed by atoms with van der Waals surface area (Å²) in [5.41, 5.74) is 0.462. The number of nitrogens with zero attached hydrogens (tertiary/aromatic N) is 2. The molecule has 0 radical (unpaired) electrons. The Balaban J connectivity index is 1.52. The Morgan fingerprint density at radius 3 is 2.67 bits per heavy atom. The summed E-state index contributed by atoms with van der Waals surface area (Å²) in [6.07, 6.45) is 1.16. The molecule has 2 aliphatic heterocycles. The second-order valence-corrected chi connectivity index (χ2v) is 9.45. The number of rotatable bonds is 6. The molecule has 1 aromatic heterocycles. The van der Waals surface area contributed by atoms with Crippen molar-refractivity contribution in [1.82, 2.24) is 10.2 Å². The predicted molar refractivity (Wildman–Crippen MR) is 117 cm³/mol. The minimum absolute atomic E-state index is 0.0180. The average molecular weight is 426 g/mol. The van der Waals surface area contributed by atoms with Gasteiger partial charge >= 0.3 is 0 Å². The van der Waals surface area contributed by atoms with Crippen LogP contribution >= 0.6 is 11.3 Å². The zero-order valence-electron chi connectivity index (χ0n) is 17.6. The van der Waals surface area contributed by atoms with Gasteiger partial charge in [0, 0.05) is 24.3 Å². The van der Waals surface area contributed by atoms with Crippen LogP contribution in [0.1, 0.15) is 61.3 Å². The van der Waals surface area contributed by atoms with Crippen LogP contribution in [0.15, 0.2) is 41.8 Å². The summed E-state index contributed by atoms with van der Waals surface area (Å²) in [5, 5.41) is 5.13. The van der Waals surface area contributed by atoms with Gasteiger partial charge in [-0.2, -0.15) is 0 Å². The lowest BCUT2D eigenvalue weighted by atomic mass is 9.98. The predicted octanol–water partition coefficient (Wildman–Crippen LogP) is 3.95. The number of nitrogens with one attached hydrogen (secondary N) is 1. The number of anilines is 1. The van der Waals surface area contributed by atoms with E-state index in [0.29, 0.717) is 24.1 Å². The van der Waals surface area contributed by atoms with E-state index in [1.54, 1.807) is 33.3 Å². The molecule has 3 amide bonds. The van der Waals surface area contributed by atoms with Gasteiger partial charge in [0.25, 0.3) is 5.91 Å². The number of carbonyl (C=O) groups excluding carboxylic acids is 3. The summed E-state index contributed by atoms with van der Waals surface area (Å²) in [4.78, 5) is 43.2. The number of hydrogen-bond acceptors (Lipinski definition) is 4. The molecule has 3 heterocycles. The zero-order valence-corrected chi connectivity index (χ0v) is 18.4. The van der Waals surface area contributed by atoms with Crippen LogP contribution in [0.3, 0.4) is 0 Å². The number of hydrogen-bond donors (Lipinski definition) is 1. The van der Waals surface area contributed by atoms with Crippen LogP contribution in [0.2, 0.25) is 0 Å². The zero-order chi connectivity index (χ0) is 21.5. The van der Waals surface area contributed by atoms with Crippen molar-refractivity contribution in [3.8, 4) is 0 Å². The molecule has 0 spiro atoms. The molecule has 158 valence electrons. The van der Waals surface area contributed by atoms with Crippen molar-refractivity contribution in [2.75, 3.05) is 11.4 Å². The Morgan fingerprint density at radius 1 is 1.20 bits per heavy atom. The van der Waals surface area contributed by atoms with E-state index in [1.165, 1.54) is 0 Å². The molecule has 1 N–H and O–H groups in total.